The van der Waals surface area contributed by atoms with E-state index in [1.54, 1.807) is 19.1 Å². The smallest absolute Gasteiger partial charge is 0.320 e. The molecule has 1 heterocycles. The summed E-state index contributed by atoms with van der Waals surface area (Å²) < 4.78 is 46.0. The van der Waals surface area contributed by atoms with Crippen molar-refractivity contribution in [3.05, 3.63) is 46.0 Å². The van der Waals surface area contributed by atoms with Crippen molar-refractivity contribution in [3.8, 4) is 0 Å². The van der Waals surface area contributed by atoms with Crippen molar-refractivity contribution in [2.45, 2.75) is 38.6 Å². The standard InChI is InChI=1S/C16H21BrF2NO3P/c1-3-12(2)23-24(21,22)16(18,19)14-7-6-13(10-15(14)17)11-20-8-4-5-9-20/h4-7,10,12H,3,8-9,11H2,1-2H3,(H,21,22). The maximum absolute atomic E-state index is 14.5. The molecule has 0 saturated heterocycles. The summed E-state index contributed by atoms with van der Waals surface area (Å²) >= 11 is 3.11. The fourth-order valence-electron chi connectivity index (χ4n) is 2.35. The van der Waals surface area contributed by atoms with Gasteiger partial charge in [-0.1, -0.05) is 47.1 Å². The van der Waals surface area contributed by atoms with Crippen LogP contribution in [0.25, 0.3) is 0 Å². The zero-order chi connectivity index (χ0) is 18.0. The van der Waals surface area contributed by atoms with Crippen LogP contribution in [0, 0.1) is 0 Å². The Morgan fingerprint density at radius 2 is 2.04 bits per heavy atom. The van der Waals surface area contributed by atoms with Gasteiger partial charge in [0.05, 0.1) is 6.10 Å². The van der Waals surface area contributed by atoms with Crippen LogP contribution in [0.5, 0.6) is 0 Å². The number of hydrogen-bond donors (Lipinski definition) is 1. The van der Waals surface area contributed by atoms with Gasteiger partial charge in [-0.2, -0.15) is 8.78 Å². The second-order valence-electron chi connectivity index (χ2n) is 5.87. The molecule has 0 bridgehead atoms. The highest BCUT2D eigenvalue weighted by Crippen LogP contribution is 2.64. The molecule has 1 aromatic rings. The molecule has 2 rings (SSSR count). The molecule has 1 aromatic carbocycles. The van der Waals surface area contributed by atoms with Crippen LogP contribution >= 0.6 is 23.5 Å². The van der Waals surface area contributed by atoms with Crippen molar-refractivity contribution in [2.24, 2.45) is 0 Å². The van der Waals surface area contributed by atoms with Gasteiger partial charge in [0, 0.05) is 29.7 Å². The lowest BCUT2D eigenvalue weighted by molar-refractivity contribution is 0.0341. The lowest BCUT2D eigenvalue weighted by Gasteiger charge is -2.26. The molecule has 0 aromatic heterocycles. The summed E-state index contributed by atoms with van der Waals surface area (Å²) in [6.07, 6.45) is 3.73. The van der Waals surface area contributed by atoms with E-state index in [9.17, 15) is 18.2 Å². The molecule has 0 radical (unpaired) electrons. The molecule has 24 heavy (non-hydrogen) atoms. The summed E-state index contributed by atoms with van der Waals surface area (Å²) in [7, 11) is -5.14. The number of nitrogens with zero attached hydrogens (tertiary/aromatic N) is 1. The first-order valence-corrected chi connectivity index (χ1v) is 10.1. The number of hydrogen-bond acceptors (Lipinski definition) is 3. The van der Waals surface area contributed by atoms with Crippen LogP contribution < -0.4 is 0 Å². The first-order chi connectivity index (χ1) is 11.2. The molecule has 0 saturated carbocycles. The van der Waals surface area contributed by atoms with E-state index in [1.807, 2.05) is 12.2 Å². The van der Waals surface area contributed by atoms with Gasteiger partial charge in [0.1, 0.15) is 0 Å². The molecule has 2 unspecified atom stereocenters. The van der Waals surface area contributed by atoms with Crippen molar-refractivity contribution in [1.29, 1.82) is 0 Å². The van der Waals surface area contributed by atoms with Gasteiger partial charge < -0.3 is 9.42 Å². The summed E-state index contributed by atoms with van der Waals surface area (Å²) in [5, 5.41) is 0. The average Bonchev–Trinajstić information content (AvgIpc) is 2.99. The van der Waals surface area contributed by atoms with E-state index in [-0.39, 0.29) is 4.47 Å². The number of rotatable bonds is 7. The summed E-state index contributed by atoms with van der Waals surface area (Å²) in [4.78, 5) is 11.9. The van der Waals surface area contributed by atoms with Gasteiger partial charge in [0.25, 0.3) is 0 Å². The number of alkyl halides is 2. The molecule has 0 fully saturated rings. The third-order valence-corrected chi connectivity index (χ3v) is 6.16. The van der Waals surface area contributed by atoms with Crippen molar-refractivity contribution in [1.82, 2.24) is 4.90 Å². The SMILES string of the molecule is CCC(C)OP(=O)(O)C(F)(F)c1ccc(CN2CC=CC2)cc1Br. The predicted octanol–water partition coefficient (Wildman–Crippen LogP) is 4.87. The molecule has 134 valence electrons. The first kappa shape index (κ1) is 19.7. The Bertz CT molecular complexity index is 661. The molecule has 0 amide bonds. The molecule has 1 aliphatic heterocycles. The number of benzene rings is 1. The zero-order valence-electron chi connectivity index (χ0n) is 13.6. The fraction of sp³-hybridized carbons (Fsp3) is 0.500. The molecular formula is C16H21BrF2NO3P. The van der Waals surface area contributed by atoms with Gasteiger partial charge in [-0.25, -0.2) is 0 Å². The zero-order valence-corrected chi connectivity index (χ0v) is 16.1. The third-order valence-electron chi connectivity index (χ3n) is 3.91. The average molecular weight is 424 g/mol. The maximum atomic E-state index is 14.5. The molecular weight excluding hydrogens is 403 g/mol. The Morgan fingerprint density at radius 1 is 1.42 bits per heavy atom. The van der Waals surface area contributed by atoms with Crippen LogP contribution in [0.15, 0.2) is 34.8 Å². The Hall–Kier alpha value is -0.590. The lowest BCUT2D eigenvalue weighted by Crippen LogP contribution is -2.21. The summed E-state index contributed by atoms with van der Waals surface area (Å²) in [5.41, 5.74) is -3.68. The van der Waals surface area contributed by atoms with E-state index < -0.39 is 24.9 Å². The summed E-state index contributed by atoms with van der Waals surface area (Å²) in [5.74, 6) is 0. The van der Waals surface area contributed by atoms with Crippen LogP contribution in [-0.4, -0.2) is 29.0 Å². The Morgan fingerprint density at radius 3 is 2.58 bits per heavy atom. The molecule has 0 spiro atoms. The molecule has 1 N–H and O–H groups in total. The Labute approximate surface area is 149 Å². The first-order valence-electron chi connectivity index (χ1n) is 7.72. The predicted molar refractivity (Wildman–Crippen MR) is 93.1 cm³/mol. The van der Waals surface area contributed by atoms with Crippen molar-refractivity contribution in [3.63, 3.8) is 0 Å². The number of halogens is 3. The largest absolute Gasteiger partial charge is 0.402 e. The van der Waals surface area contributed by atoms with E-state index in [0.717, 1.165) is 18.7 Å². The van der Waals surface area contributed by atoms with Gasteiger partial charge in [-0.05, 0) is 25.0 Å². The molecule has 4 nitrogen and oxygen atoms in total. The summed E-state index contributed by atoms with van der Waals surface area (Å²) in [6, 6.07) is 4.30. The monoisotopic (exact) mass is 423 g/mol. The van der Waals surface area contributed by atoms with Crippen molar-refractivity contribution in [2.75, 3.05) is 13.1 Å². The minimum Gasteiger partial charge on any atom is -0.320 e. The van der Waals surface area contributed by atoms with Gasteiger partial charge in [-0.15, -0.1) is 0 Å². The van der Waals surface area contributed by atoms with Crippen LogP contribution in [0.3, 0.4) is 0 Å². The molecule has 8 heteroatoms. The quantitative estimate of drug-likeness (QED) is 0.501. The Balaban J connectivity index is 2.21. The maximum Gasteiger partial charge on any atom is 0.402 e. The lowest BCUT2D eigenvalue weighted by atomic mass is 10.1. The highest BCUT2D eigenvalue weighted by Gasteiger charge is 2.54. The fourth-order valence-corrected chi connectivity index (χ4v) is 4.44. The second kappa shape index (κ2) is 7.75. The van der Waals surface area contributed by atoms with Crippen LogP contribution in [0.2, 0.25) is 0 Å². The van der Waals surface area contributed by atoms with E-state index in [2.05, 4.69) is 20.8 Å². The topological polar surface area (TPSA) is 49.8 Å². The minimum atomic E-state index is -5.14. The Kier molecular flexibility index (Phi) is 6.37. The second-order valence-corrected chi connectivity index (χ2v) is 8.53. The highest BCUT2D eigenvalue weighted by atomic mass is 79.9. The molecule has 0 aliphatic carbocycles. The van der Waals surface area contributed by atoms with Crippen LogP contribution in [0.1, 0.15) is 31.4 Å². The van der Waals surface area contributed by atoms with E-state index in [0.29, 0.717) is 13.0 Å². The van der Waals surface area contributed by atoms with Crippen molar-refractivity contribution < 1.29 is 22.8 Å². The van der Waals surface area contributed by atoms with Crippen molar-refractivity contribution >= 4 is 23.5 Å². The molecule has 2 atom stereocenters. The van der Waals surface area contributed by atoms with E-state index >= 15 is 0 Å². The van der Waals surface area contributed by atoms with Gasteiger partial charge in [-0.3, -0.25) is 9.46 Å². The van der Waals surface area contributed by atoms with Crippen LogP contribution in [0.4, 0.5) is 8.78 Å². The highest BCUT2D eigenvalue weighted by molar-refractivity contribution is 9.10. The van der Waals surface area contributed by atoms with Gasteiger partial charge in [0.15, 0.2) is 0 Å². The minimum absolute atomic E-state index is 0.0965. The van der Waals surface area contributed by atoms with E-state index in [4.69, 9.17) is 4.52 Å². The normalized spacial score (nSPS) is 19.4. The van der Waals surface area contributed by atoms with Crippen LogP contribution in [-0.2, 0) is 21.3 Å². The summed E-state index contributed by atoms with van der Waals surface area (Å²) in [6.45, 7) is 5.45. The third kappa shape index (κ3) is 4.33. The molecule has 1 aliphatic rings. The van der Waals surface area contributed by atoms with E-state index in [1.165, 1.54) is 13.0 Å². The van der Waals surface area contributed by atoms with Gasteiger partial charge in [0.2, 0.25) is 0 Å². The van der Waals surface area contributed by atoms with Gasteiger partial charge >= 0.3 is 13.3 Å².